The maximum atomic E-state index is 5.87. The summed E-state index contributed by atoms with van der Waals surface area (Å²) in [6.07, 6.45) is 1.77. The van der Waals surface area contributed by atoms with Crippen molar-refractivity contribution in [2.75, 3.05) is 23.9 Å². The van der Waals surface area contributed by atoms with Gasteiger partial charge < -0.3 is 10.3 Å². The highest BCUT2D eigenvalue weighted by molar-refractivity contribution is 6.32. The molecule has 1 heterocycles. The van der Waals surface area contributed by atoms with Gasteiger partial charge in [-0.15, -0.1) is 16.8 Å². The van der Waals surface area contributed by atoms with Crippen molar-refractivity contribution in [3.8, 4) is 0 Å². The predicted octanol–water partition coefficient (Wildman–Crippen LogP) is 1.04. The maximum absolute atomic E-state index is 5.87. The largest absolute Gasteiger partial charge is 0.368 e. The van der Waals surface area contributed by atoms with Gasteiger partial charge >= 0.3 is 0 Å². The van der Waals surface area contributed by atoms with E-state index in [0.29, 0.717) is 17.5 Å². The summed E-state index contributed by atoms with van der Waals surface area (Å²) in [5, 5.41) is 7.82. The molecule has 0 aliphatic heterocycles. The highest BCUT2D eigenvalue weighted by Gasteiger charge is 2.07. The highest BCUT2D eigenvalue weighted by atomic mass is 35.5. The third-order valence-corrected chi connectivity index (χ3v) is 1.96. The summed E-state index contributed by atoms with van der Waals surface area (Å²) in [5.74, 6) is 5.68. The molecule has 0 saturated carbocycles. The van der Waals surface area contributed by atoms with Crippen LogP contribution in [0, 0.1) is 0 Å². The van der Waals surface area contributed by atoms with Gasteiger partial charge in [-0.1, -0.05) is 17.7 Å². The van der Waals surface area contributed by atoms with E-state index in [1.807, 2.05) is 11.9 Å². The van der Waals surface area contributed by atoms with Crippen LogP contribution in [0.1, 0.15) is 0 Å². The molecular formula is C8H12ClN5. The van der Waals surface area contributed by atoms with Gasteiger partial charge in [0.2, 0.25) is 0 Å². The fourth-order valence-electron chi connectivity index (χ4n) is 0.997. The molecular weight excluding hydrogens is 202 g/mol. The molecule has 1 rings (SSSR count). The third kappa shape index (κ3) is 2.34. The molecule has 0 atom stereocenters. The molecule has 76 valence electrons. The van der Waals surface area contributed by atoms with Crippen LogP contribution < -0.4 is 16.2 Å². The molecule has 0 fully saturated rings. The Labute approximate surface area is 87.5 Å². The SMILES string of the molecule is C=CCN(C)c1cc(NN)nnc1Cl. The zero-order valence-electron chi connectivity index (χ0n) is 7.87. The quantitative estimate of drug-likeness (QED) is 0.445. The number of nitrogens with one attached hydrogen (secondary N) is 1. The van der Waals surface area contributed by atoms with Crippen molar-refractivity contribution >= 4 is 23.1 Å². The summed E-state index contributed by atoms with van der Waals surface area (Å²) in [7, 11) is 1.88. The average Bonchev–Trinajstić information content (AvgIpc) is 2.19. The van der Waals surface area contributed by atoms with E-state index < -0.39 is 0 Å². The number of rotatable bonds is 4. The van der Waals surface area contributed by atoms with Crippen LogP contribution in [0.2, 0.25) is 5.15 Å². The molecule has 0 radical (unpaired) electrons. The Morgan fingerprint density at radius 3 is 3.00 bits per heavy atom. The van der Waals surface area contributed by atoms with Crippen molar-refractivity contribution in [1.82, 2.24) is 10.2 Å². The van der Waals surface area contributed by atoms with E-state index in [1.54, 1.807) is 12.1 Å². The number of anilines is 2. The first-order valence-corrected chi connectivity index (χ1v) is 4.38. The molecule has 5 nitrogen and oxygen atoms in total. The van der Waals surface area contributed by atoms with Gasteiger partial charge in [0, 0.05) is 19.7 Å². The van der Waals surface area contributed by atoms with Crippen molar-refractivity contribution in [3.05, 3.63) is 23.9 Å². The first-order valence-electron chi connectivity index (χ1n) is 4.01. The molecule has 1 aromatic rings. The molecule has 0 bridgehead atoms. The minimum absolute atomic E-state index is 0.341. The number of hydrogen-bond donors (Lipinski definition) is 2. The fourth-order valence-corrected chi connectivity index (χ4v) is 1.23. The molecule has 0 amide bonds. The molecule has 0 unspecified atom stereocenters. The summed E-state index contributed by atoms with van der Waals surface area (Å²) >= 11 is 5.87. The van der Waals surface area contributed by atoms with Crippen molar-refractivity contribution in [2.45, 2.75) is 0 Å². The van der Waals surface area contributed by atoms with Gasteiger partial charge in [0.25, 0.3) is 0 Å². The van der Waals surface area contributed by atoms with Gasteiger partial charge in [-0.05, 0) is 0 Å². The van der Waals surface area contributed by atoms with E-state index in [4.69, 9.17) is 17.4 Å². The Morgan fingerprint density at radius 2 is 2.43 bits per heavy atom. The predicted molar refractivity (Wildman–Crippen MR) is 58.3 cm³/mol. The Hall–Kier alpha value is -1.33. The lowest BCUT2D eigenvalue weighted by Gasteiger charge is -2.17. The van der Waals surface area contributed by atoms with Gasteiger partial charge in [0.1, 0.15) is 0 Å². The van der Waals surface area contributed by atoms with Crippen LogP contribution >= 0.6 is 11.6 Å². The minimum Gasteiger partial charge on any atom is -0.368 e. The average molecular weight is 214 g/mol. The first-order chi connectivity index (χ1) is 6.69. The number of aromatic nitrogens is 2. The fraction of sp³-hybridized carbons (Fsp3) is 0.250. The monoisotopic (exact) mass is 213 g/mol. The lowest BCUT2D eigenvalue weighted by molar-refractivity contribution is 0.970. The van der Waals surface area contributed by atoms with Gasteiger partial charge in [-0.3, -0.25) is 0 Å². The van der Waals surface area contributed by atoms with Gasteiger partial charge in [-0.25, -0.2) is 5.84 Å². The highest BCUT2D eigenvalue weighted by Crippen LogP contribution is 2.23. The third-order valence-electron chi connectivity index (χ3n) is 1.69. The second kappa shape index (κ2) is 4.78. The minimum atomic E-state index is 0.341. The smallest absolute Gasteiger partial charge is 0.175 e. The lowest BCUT2D eigenvalue weighted by atomic mass is 10.4. The van der Waals surface area contributed by atoms with Crippen LogP contribution in [-0.4, -0.2) is 23.8 Å². The van der Waals surface area contributed by atoms with Crippen molar-refractivity contribution in [1.29, 1.82) is 0 Å². The topological polar surface area (TPSA) is 67.1 Å². The number of likely N-dealkylation sites (N-methyl/N-ethyl adjacent to an activating group) is 1. The summed E-state index contributed by atoms with van der Waals surface area (Å²) in [6.45, 7) is 4.31. The van der Waals surface area contributed by atoms with Gasteiger partial charge in [-0.2, -0.15) is 0 Å². The summed E-state index contributed by atoms with van der Waals surface area (Å²) in [4.78, 5) is 1.89. The van der Waals surface area contributed by atoms with Crippen LogP contribution in [0.4, 0.5) is 11.5 Å². The van der Waals surface area contributed by atoms with E-state index in [-0.39, 0.29) is 0 Å². The zero-order valence-corrected chi connectivity index (χ0v) is 8.62. The summed E-state index contributed by atoms with van der Waals surface area (Å²) in [5.41, 5.74) is 3.17. The molecule has 0 aliphatic carbocycles. The molecule has 1 aromatic heterocycles. The standard InChI is InChI=1S/C8H12ClN5/c1-3-4-14(2)6-5-7(11-10)12-13-8(6)9/h3,5H,1,4,10H2,2H3,(H,11,12). The lowest BCUT2D eigenvalue weighted by Crippen LogP contribution is -2.19. The van der Waals surface area contributed by atoms with Crippen molar-refractivity contribution in [2.24, 2.45) is 5.84 Å². The second-order valence-electron chi connectivity index (χ2n) is 2.72. The second-order valence-corrected chi connectivity index (χ2v) is 3.08. The Balaban J connectivity index is 2.98. The number of hydrogen-bond acceptors (Lipinski definition) is 5. The van der Waals surface area contributed by atoms with Crippen LogP contribution in [-0.2, 0) is 0 Å². The molecule has 0 spiro atoms. The number of nitrogens with two attached hydrogens (primary N) is 1. The molecule has 0 aromatic carbocycles. The summed E-state index contributed by atoms with van der Waals surface area (Å²) < 4.78 is 0. The van der Waals surface area contributed by atoms with E-state index in [0.717, 1.165) is 5.69 Å². The molecule has 14 heavy (non-hydrogen) atoms. The van der Waals surface area contributed by atoms with Gasteiger partial charge in [0.15, 0.2) is 11.0 Å². The molecule has 0 saturated heterocycles. The first kappa shape index (κ1) is 10.7. The molecule has 6 heteroatoms. The van der Waals surface area contributed by atoms with Crippen LogP contribution in [0.25, 0.3) is 0 Å². The summed E-state index contributed by atoms with van der Waals surface area (Å²) in [6, 6.07) is 1.72. The van der Waals surface area contributed by atoms with E-state index >= 15 is 0 Å². The van der Waals surface area contributed by atoms with Crippen molar-refractivity contribution in [3.63, 3.8) is 0 Å². The normalized spacial score (nSPS) is 9.64. The molecule has 0 aliphatic rings. The number of halogens is 1. The Bertz CT molecular complexity index is 328. The van der Waals surface area contributed by atoms with Gasteiger partial charge in [0.05, 0.1) is 5.69 Å². The van der Waals surface area contributed by atoms with Crippen molar-refractivity contribution < 1.29 is 0 Å². The number of hydrazine groups is 1. The van der Waals surface area contributed by atoms with Crippen LogP contribution in [0.15, 0.2) is 18.7 Å². The Morgan fingerprint density at radius 1 is 1.71 bits per heavy atom. The van der Waals surface area contributed by atoms with E-state index in [2.05, 4.69) is 22.2 Å². The number of nitrogen functional groups attached to an aromatic ring is 1. The van der Waals surface area contributed by atoms with E-state index in [9.17, 15) is 0 Å². The maximum Gasteiger partial charge on any atom is 0.175 e. The Kier molecular flexibility index (Phi) is 3.67. The van der Waals surface area contributed by atoms with E-state index in [1.165, 1.54) is 0 Å². The molecule has 3 N–H and O–H groups in total. The number of nitrogens with zero attached hydrogens (tertiary/aromatic N) is 3. The van der Waals surface area contributed by atoms with Crippen LogP contribution in [0.5, 0.6) is 0 Å². The zero-order chi connectivity index (χ0) is 10.6. The van der Waals surface area contributed by atoms with Crippen LogP contribution in [0.3, 0.4) is 0 Å².